The lowest BCUT2D eigenvalue weighted by Gasteiger charge is -2.57. The van der Waals surface area contributed by atoms with Crippen molar-refractivity contribution >= 4 is 12.0 Å². The monoisotopic (exact) mass is 352 g/mol. The molecule has 25 heavy (non-hydrogen) atoms. The molecular formula is C19H32N2O4. The molecule has 4 rings (SSSR count). The summed E-state index contributed by atoms with van der Waals surface area (Å²) < 4.78 is 0. The fraction of sp³-hybridized carbons (Fsp3) is 0.895. The van der Waals surface area contributed by atoms with Crippen molar-refractivity contribution in [3.8, 4) is 0 Å². The van der Waals surface area contributed by atoms with E-state index in [2.05, 4.69) is 5.32 Å². The van der Waals surface area contributed by atoms with Crippen LogP contribution >= 0.6 is 0 Å². The predicted octanol–water partition coefficient (Wildman–Crippen LogP) is 2.46. The molecule has 0 saturated heterocycles. The summed E-state index contributed by atoms with van der Waals surface area (Å²) in [6, 6.07) is -1.32. The van der Waals surface area contributed by atoms with Gasteiger partial charge >= 0.3 is 12.0 Å². The fourth-order valence-electron chi connectivity index (χ4n) is 5.90. The summed E-state index contributed by atoms with van der Waals surface area (Å²) >= 11 is 0. The summed E-state index contributed by atoms with van der Waals surface area (Å²) in [7, 11) is 0. The Labute approximate surface area is 150 Å². The third-order valence-electron chi connectivity index (χ3n) is 6.56. The van der Waals surface area contributed by atoms with Gasteiger partial charge in [-0.05, 0) is 82.0 Å². The van der Waals surface area contributed by atoms with Gasteiger partial charge in [0.25, 0.3) is 0 Å². The van der Waals surface area contributed by atoms with Crippen LogP contribution in [-0.4, -0.2) is 52.3 Å². The van der Waals surface area contributed by atoms with Gasteiger partial charge in [0.1, 0.15) is 6.04 Å². The summed E-state index contributed by atoms with van der Waals surface area (Å²) in [5, 5.41) is 21.3. The van der Waals surface area contributed by atoms with E-state index in [-0.39, 0.29) is 12.6 Å². The Hall–Kier alpha value is -1.30. The van der Waals surface area contributed by atoms with E-state index in [1.54, 1.807) is 11.8 Å². The lowest BCUT2D eigenvalue weighted by atomic mass is 9.49. The Bertz CT molecular complexity index is 484. The van der Waals surface area contributed by atoms with Gasteiger partial charge in [0, 0.05) is 13.1 Å². The second kappa shape index (κ2) is 7.14. The first kappa shape index (κ1) is 18.5. The van der Waals surface area contributed by atoms with E-state index in [1.807, 2.05) is 0 Å². The van der Waals surface area contributed by atoms with Gasteiger partial charge < -0.3 is 20.4 Å². The van der Waals surface area contributed by atoms with E-state index in [0.29, 0.717) is 12.0 Å². The normalized spacial score (nSPS) is 35.2. The molecule has 1 unspecified atom stereocenters. The van der Waals surface area contributed by atoms with Crippen LogP contribution < -0.4 is 5.32 Å². The topological polar surface area (TPSA) is 89.9 Å². The van der Waals surface area contributed by atoms with Crippen LogP contribution in [0.2, 0.25) is 0 Å². The number of amides is 2. The van der Waals surface area contributed by atoms with Gasteiger partial charge in [-0.3, -0.25) is 4.79 Å². The number of rotatable bonds is 7. The Morgan fingerprint density at radius 3 is 2.08 bits per heavy atom. The van der Waals surface area contributed by atoms with Crippen molar-refractivity contribution in [2.45, 2.75) is 70.9 Å². The maximum absolute atomic E-state index is 12.5. The first-order valence-corrected chi connectivity index (χ1v) is 9.72. The minimum Gasteiger partial charge on any atom is -0.480 e. The molecule has 3 N–H and O–H groups in total. The number of nitrogens with one attached hydrogen (secondary N) is 1. The van der Waals surface area contributed by atoms with E-state index in [0.717, 1.165) is 24.2 Å². The van der Waals surface area contributed by atoms with E-state index >= 15 is 0 Å². The van der Waals surface area contributed by atoms with E-state index in [9.17, 15) is 14.7 Å². The molecule has 2 atom stereocenters. The van der Waals surface area contributed by atoms with E-state index < -0.39 is 18.1 Å². The largest absolute Gasteiger partial charge is 0.480 e. The van der Waals surface area contributed by atoms with Crippen molar-refractivity contribution in [3.05, 3.63) is 0 Å². The summed E-state index contributed by atoms with van der Waals surface area (Å²) in [5.74, 6) is 1.57. The quantitative estimate of drug-likeness (QED) is 0.656. The second-order valence-corrected chi connectivity index (χ2v) is 8.97. The average Bonchev–Trinajstić information content (AvgIpc) is 2.49. The maximum atomic E-state index is 12.5. The Morgan fingerprint density at radius 1 is 1.12 bits per heavy atom. The Balaban J connectivity index is 1.60. The van der Waals surface area contributed by atoms with Crippen molar-refractivity contribution in [2.75, 3.05) is 13.1 Å². The van der Waals surface area contributed by atoms with Crippen LogP contribution in [0.4, 0.5) is 4.79 Å². The van der Waals surface area contributed by atoms with Crippen LogP contribution in [0, 0.1) is 23.2 Å². The van der Waals surface area contributed by atoms with Crippen LogP contribution in [0.1, 0.15) is 58.8 Å². The highest BCUT2D eigenvalue weighted by Crippen LogP contribution is 2.61. The van der Waals surface area contributed by atoms with Crippen molar-refractivity contribution < 1.29 is 19.8 Å². The first-order valence-electron chi connectivity index (χ1n) is 9.72. The highest BCUT2D eigenvalue weighted by Gasteiger charge is 2.50. The number of carbonyl (C=O) groups excluding carboxylic acids is 1. The molecule has 0 radical (unpaired) electrons. The van der Waals surface area contributed by atoms with Gasteiger partial charge in [-0.15, -0.1) is 0 Å². The zero-order chi connectivity index (χ0) is 18.2. The van der Waals surface area contributed by atoms with E-state index in [4.69, 9.17) is 5.11 Å². The molecule has 0 aromatic rings. The summed E-state index contributed by atoms with van der Waals surface area (Å²) in [6.07, 6.45) is 8.39. The van der Waals surface area contributed by atoms with Crippen molar-refractivity contribution in [1.29, 1.82) is 0 Å². The number of aliphatic carboxylic acids is 1. The molecule has 0 heterocycles. The second-order valence-electron chi connectivity index (χ2n) is 8.97. The average molecular weight is 352 g/mol. The number of urea groups is 1. The van der Waals surface area contributed by atoms with Crippen LogP contribution in [0.3, 0.4) is 0 Å². The van der Waals surface area contributed by atoms with Crippen LogP contribution in [0.15, 0.2) is 0 Å². The summed E-state index contributed by atoms with van der Waals surface area (Å²) in [6.45, 7) is 3.95. The van der Waals surface area contributed by atoms with Crippen LogP contribution in [-0.2, 0) is 4.79 Å². The molecule has 0 aromatic carbocycles. The number of aliphatic hydroxyl groups is 1. The molecule has 4 bridgehead atoms. The van der Waals surface area contributed by atoms with Crippen molar-refractivity contribution in [3.63, 3.8) is 0 Å². The molecule has 0 aromatic heterocycles. The number of carbonyl (C=O) groups is 2. The Kier molecular flexibility index (Phi) is 5.28. The molecular weight excluding hydrogens is 320 g/mol. The molecule has 4 aliphatic carbocycles. The molecule has 0 spiro atoms. The zero-order valence-electron chi connectivity index (χ0n) is 15.4. The molecule has 2 amide bonds. The number of carboxylic acids is 1. The SMILES string of the molecule is CC(O)CN(CCC12CC3CC(CC(C3)C1)C2)C(=O)N[C@@H](C)C(=O)O. The lowest BCUT2D eigenvalue weighted by molar-refractivity contribution is -0.138. The van der Waals surface area contributed by atoms with Gasteiger partial charge in [0.15, 0.2) is 0 Å². The number of hydrogen-bond acceptors (Lipinski definition) is 3. The standard InChI is InChI=1S/C19H32N2O4/c1-12(22)11-21(18(25)20-13(2)17(23)24)4-3-19-8-14-5-15(9-19)7-16(6-14)10-19/h12-16,22H,3-11H2,1-2H3,(H,20,25)(H,23,24)/t12?,13-,14?,15?,16?,19?/m0/s1. The number of hydrogen-bond donors (Lipinski definition) is 3. The molecule has 142 valence electrons. The molecule has 4 fully saturated rings. The van der Waals surface area contributed by atoms with Crippen molar-refractivity contribution in [1.82, 2.24) is 10.2 Å². The van der Waals surface area contributed by atoms with Crippen LogP contribution in [0.5, 0.6) is 0 Å². The fourth-order valence-corrected chi connectivity index (χ4v) is 5.90. The molecule has 4 aliphatic rings. The van der Waals surface area contributed by atoms with Crippen molar-refractivity contribution in [2.24, 2.45) is 23.2 Å². The minimum absolute atomic E-state index is 0.241. The van der Waals surface area contributed by atoms with Gasteiger partial charge in [0.05, 0.1) is 6.10 Å². The highest BCUT2D eigenvalue weighted by atomic mass is 16.4. The lowest BCUT2D eigenvalue weighted by Crippen LogP contribution is -2.51. The molecule has 0 aliphatic heterocycles. The van der Waals surface area contributed by atoms with Crippen LogP contribution in [0.25, 0.3) is 0 Å². The summed E-state index contributed by atoms with van der Waals surface area (Å²) in [5.41, 5.74) is 0.365. The zero-order valence-corrected chi connectivity index (χ0v) is 15.4. The Morgan fingerprint density at radius 2 is 1.64 bits per heavy atom. The minimum atomic E-state index is -1.05. The van der Waals surface area contributed by atoms with Gasteiger partial charge in [-0.2, -0.15) is 0 Å². The summed E-state index contributed by atoms with van der Waals surface area (Å²) in [4.78, 5) is 25.0. The number of carboxylic acid groups (broad SMARTS) is 1. The molecule has 4 saturated carbocycles. The smallest absolute Gasteiger partial charge is 0.325 e. The highest BCUT2D eigenvalue weighted by molar-refractivity contribution is 5.82. The van der Waals surface area contributed by atoms with Gasteiger partial charge in [-0.1, -0.05) is 0 Å². The predicted molar refractivity (Wildman–Crippen MR) is 94.1 cm³/mol. The molecule has 6 heteroatoms. The first-order chi connectivity index (χ1) is 11.8. The third-order valence-corrected chi connectivity index (χ3v) is 6.56. The van der Waals surface area contributed by atoms with Gasteiger partial charge in [-0.25, -0.2) is 4.79 Å². The molecule has 6 nitrogen and oxygen atoms in total. The van der Waals surface area contributed by atoms with Gasteiger partial charge in [0.2, 0.25) is 0 Å². The maximum Gasteiger partial charge on any atom is 0.325 e. The number of nitrogens with zero attached hydrogens (tertiary/aromatic N) is 1. The number of aliphatic hydroxyl groups excluding tert-OH is 1. The van der Waals surface area contributed by atoms with E-state index in [1.165, 1.54) is 45.4 Å². The third kappa shape index (κ3) is 4.27.